The number of rotatable bonds is 2. The van der Waals surface area contributed by atoms with E-state index in [0.717, 1.165) is 58.0 Å². The third-order valence-electron chi connectivity index (χ3n) is 5.91. The van der Waals surface area contributed by atoms with E-state index in [-0.39, 0.29) is 24.2 Å². The number of ether oxygens (including phenoxy) is 1. The van der Waals surface area contributed by atoms with Crippen LogP contribution in [0.15, 0.2) is 24.3 Å². The van der Waals surface area contributed by atoms with Gasteiger partial charge in [0.1, 0.15) is 17.6 Å². The van der Waals surface area contributed by atoms with Crippen molar-refractivity contribution in [2.24, 2.45) is 0 Å². The Labute approximate surface area is 153 Å². The van der Waals surface area contributed by atoms with Crippen LogP contribution in [0, 0.1) is 5.82 Å². The van der Waals surface area contributed by atoms with Gasteiger partial charge in [-0.3, -0.25) is 14.5 Å². The zero-order chi connectivity index (χ0) is 18.1. The first-order valence-corrected chi connectivity index (χ1v) is 9.63. The third kappa shape index (κ3) is 3.00. The van der Waals surface area contributed by atoms with Crippen LogP contribution in [0.25, 0.3) is 0 Å². The smallest absolute Gasteiger partial charge is 0.256 e. The molecule has 1 saturated carbocycles. The molecule has 26 heavy (non-hydrogen) atoms. The van der Waals surface area contributed by atoms with Crippen LogP contribution in [0.5, 0.6) is 0 Å². The van der Waals surface area contributed by atoms with E-state index in [9.17, 15) is 14.0 Å². The van der Waals surface area contributed by atoms with Crippen molar-refractivity contribution in [2.45, 2.75) is 56.7 Å². The number of likely N-dealkylation sites (tertiary alicyclic amines) is 1. The quantitative estimate of drug-likeness (QED) is 0.815. The highest BCUT2D eigenvalue weighted by Gasteiger charge is 2.53. The minimum atomic E-state index is -0.691. The van der Waals surface area contributed by atoms with Crippen LogP contribution < -0.4 is 0 Å². The Morgan fingerprint density at radius 1 is 1.00 bits per heavy atom. The van der Waals surface area contributed by atoms with Gasteiger partial charge in [-0.2, -0.15) is 0 Å². The van der Waals surface area contributed by atoms with Crippen molar-refractivity contribution in [3.05, 3.63) is 35.6 Å². The Bertz CT molecular complexity index is 679. The molecular weight excluding hydrogens is 335 g/mol. The summed E-state index contributed by atoms with van der Waals surface area (Å²) >= 11 is 0. The first-order valence-electron chi connectivity index (χ1n) is 9.63. The van der Waals surface area contributed by atoms with E-state index in [1.807, 2.05) is 4.90 Å². The highest BCUT2D eigenvalue weighted by Crippen LogP contribution is 2.41. The largest absolute Gasteiger partial charge is 0.353 e. The average Bonchev–Trinajstić information content (AvgIpc) is 3.31. The Morgan fingerprint density at radius 3 is 2.31 bits per heavy atom. The second kappa shape index (κ2) is 6.99. The van der Waals surface area contributed by atoms with Crippen LogP contribution in [0.1, 0.15) is 55.3 Å². The van der Waals surface area contributed by atoms with Gasteiger partial charge < -0.3 is 9.64 Å². The molecule has 5 nitrogen and oxygen atoms in total. The zero-order valence-corrected chi connectivity index (χ0v) is 15.0. The van der Waals surface area contributed by atoms with Crippen LogP contribution in [-0.4, -0.2) is 53.1 Å². The molecule has 4 rings (SSSR count). The molecule has 1 aromatic carbocycles. The lowest BCUT2D eigenvalue weighted by atomic mass is 9.89. The fraction of sp³-hybridized carbons (Fsp3) is 0.600. The summed E-state index contributed by atoms with van der Waals surface area (Å²) in [6.45, 7) is 1.75. The van der Waals surface area contributed by atoms with Crippen molar-refractivity contribution >= 4 is 11.8 Å². The Balaban J connectivity index is 1.66. The number of hydrogen-bond acceptors (Lipinski definition) is 3. The monoisotopic (exact) mass is 360 g/mol. The lowest BCUT2D eigenvalue weighted by molar-refractivity contribution is -0.136. The average molecular weight is 360 g/mol. The highest BCUT2D eigenvalue weighted by molar-refractivity contribution is 5.98. The summed E-state index contributed by atoms with van der Waals surface area (Å²) in [5, 5.41) is 0. The Hall–Kier alpha value is -1.95. The molecule has 0 aromatic heterocycles. The van der Waals surface area contributed by atoms with E-state index in [0.29, 0.717) is 5.56 Å². The summed E-state index contributed by atoms with van der Waals surface area (Å²) in [6.07, 6.45) is 6.62. The molecule has 0 bridgehead atoms. The maximum Gasteiger partial charge on any atom is 0.256 e. The number of carbonyl (C=O) groups is 2. The third-order valence-corrected chi connectivity index (χ3v) is 5.91. The molecule has 0 N–H and O–H groups in total. The molecule has 2 heterocycles. The Morgan fingerprint density at radius 2 is 1.65 bits per heavy atom. The van der Waals surface area contributed by atoms with Gasteiger partial charge in [-0.15, -0.1) is 0 Å². The lowest BCUT2D eigenvalue weighted by Gasteiger charge is -2.42. The topological polar surface area (TPSA) is 49.9 Å². The summed E-state index contributed by atoms with van der Waals surface area (Å²) < 4.78 is 19.4. The molecule has 0 unspecified atom stereocenters. The maximum atomic E-state index is 13.3. The van der Waals surface area contributed by atoms with Gasteiger partial charge in [0.25, 0.3) is 5.91 Å². The van der Waals surface area contributed by atoms with E-state index in [1.54, 1.807) is 4.90 Å². The number of benzene rings is 1. The van der Waals surface area contributed by atoms with Crippen molar-refractivity contribution in [1.82, 2.24) is 9.80 Å². The molecule has 6 heteroatoms. The number of amides is 2. The van der Waals surface area contributed by atoms with Gasteiger partial charge in [0.05, 0.1) is 6.61 Å². The van der Waals surface area contributed by atoms with Gasteiger partial charge in [-0.05, 0) is 62.8 Å². The van der Waals surface area contributed by atoms with Crippen molar-refractivity contribution in [2.75, 3.05) is 19.7 Å². The fourth-order valence-corrected chi connectivity index (χ4v) is 4.54. The normalized spacial score (nSPS) is 25.0. The highest BCUT2D eigenvalue weighted by atomic mass is 19.1. The SMILES string of the molecule is O=C([C@H]1COC2(CCCCC2)N1C(=O)c1ccc(F)cc1)N1CCCC1. The summed E-state index contributed by atoms with van der Waals surface area (Å²) in [5.74, 6) is -0.626. The van der Waals surface area contributed by atoms with Crippen molar-refractivity contribution in [3.8, 4) is 0 Å². The molecule has 140 valence electrons. The van der Waals surface area contributed by atoms with Gasteiger partial charge >= 0.3 is 0 Å². The van der Waals surface area contributed by atoms with Crippen molar-refractivity contribution < 1.29 is 18.7 Å². The predicted octanol–water partition coefficient (Wildman–Crippen LogP) is 2.95. The van der Waals surface area contributed by atoms with Crippen molar-refractivity contribution in [1.29, 1.82) is 0 Å². The molecule has 2 amide bonds. The first-order chi connectivity index (χ1) is 12.6. The minimum absolute atomic E-state index is 0.0135. The Kier molecular flexibility index (Phi) is 4.69. The molecule has 1 atom stereocenters. The van der Waals surface area contributed by atoms with Crippen LogP contribution in [0.4, 0.5) is 4.39 Å². The number of carbonyl (C=O) groups excluding carboxylic acids is 2. The second-order valence-corrected chi connectivity index (χ2v) is 7.55. The molecule has 1 aliphatic carbocycles. The van der Waals surface area contributed by atoms with E-state index in [4.69, 9.17) is 4.74 Å². The van der Waals surface area contributed by atoms with Crippen LogP contribution in [0.3, 0.4) is 0 Å². The number of nitrogens with zero attached hydrogens (tertiary/aromatic N) is 2. The van der Waals surface area contributed by atoms with E-state index in [1.165, 1.54) is 24.3 Å². The van der Waals surface area contributed by atoms with Gasteiger partial charge in [0.2, 0.25) is 5.91 Å². The van der Waals surface area contributed by atoms with Crippen LogP contribution >= 0.6 is 0 Å². The lowest BCUT2D eigenvalue weighted by Crippen LogP contribution is -2.56. The second-order valence-electron chi connectivity index (χ2n) is 7.55. The van der Waals surface area contributed by atoms with E-state index >= 15 is 0 Å². The van der Waals surface area contributed by atoms with E-state index in [2.05, 4.69) is 0 Å². The minimum Gasteiger partial charge on any atom is -0.353 e. The van der Waals surface area contributed by atoms with Gasteiger partial charge in [0, 0.05) is 18.7 Å². The van der Waals surface area contributed by atoms with Crippen LogP contribution in [-0.2, 0) is 9.53 Å². The molecule has 2 aliphatic heterocycles. The molecule has 1 aromatic rings. The molecule has 0 radical (unpaired) electrons. The van der Waals surface area contributed by atoms with Gasteiger partial charge in [-0.25, -0.2) is 4.39 Å². The fourth-order valence-electron chi connectivity index (χ4n) is 4.54. The molecule has 3 aliphatic rings. The summed E-state index contributed by atoms with van der Waals surface area (Å²) in [6, 6.07) is 4.97. The van der Waals surface area contributed by atoms with Crippen molar-refractivity contribution in [3.63, 3.8) is 0 Å². The maximum absolute atomic E-state index is 13.3. The molecule has 3 fully saturated rings. The van der Waals surface area contributed by atoms with Gasteiger partial charge in [-0.1, -0.05) is 6.42 Å². The van der Waals surface area contributed by atoms with Crippen LogP contribution in [0.2, 0.25) is 0 Å². The first kappa shape index (κ1) is 17.5. The zero-order valence-electron chi connectivity index (χ0n) is 15.0. The number of halogens is 1. The van der Waals surface area contributed by atoms with E-state index < -0.39 is 11.8 Å². The van der Waals surface area contributed by atoms with Gasteiger partial charge in [0.15, 0.2) is 0 Å². The summed E-state index contributed by atoms with van der Waals surface area (Å²) in [5.41, 5.74) is -0.287. The summed E-state index contributed by atoms with van der Waals surface area (Å²) in [4.78, 5) is 29.9. The summed E-state index contributed by atoms with van der Waals surface area (Å²) in [7, 11) is 0. The predicted molar refractivity (Wildman–Crippen MR) is 93.9 cm³/mol. The number of hydrogen-bond donors (Lipinski definition) is 0. The molecular formula is C20H25FN2O3. The standard InChI is InChI=1S/C20H25FN2O3/c21-16-8-6-15(7-9-16)18(24)23-17(19(25)22-12-4-5-13-22)14-26-20(23)10-2-1-3-11-20/h6-9,17H,1-5,10-14H2/t17-/m1/s1. The molecule has 2 saturated heterocycles. The molecule has 1 spiro atoms.